The quantitative estimate of drug-likeness (QED) is 0.629. The van der Waals surface area contributed by atoms with Gasteiger partial charge in [0, 0.05) is 25.8 Å². The van der Waals surface area contributed by atoms with E-state index < -0.39 is 10.7 Å². The first kappa shape index (κ1) is 16.0. The lowest BCUT2D eigenvalue weighted by Gasteiger charge is -2.36. The summed E-state index contributed by atoms with van der Waals surface area (Å²) in [6, 6.07) is 2.38. The summed E-state index contributed by atoms with van der Waals surface area (Å²) in [5.74, 6) is 0.0393. The van der Waals surface area contributed by atoms with Crippen LogP contribution in [-0.2, 0) is 4.74 Å². The Morgan fingerprint density at radius 3 is 2.65 bits per heavy atom. The van der Waals surface area contributed by atoms with Crippen molar-refractivity contribution in [2.45, 2.75) is 31.8 Å². The van der Waals surface area contributed by atoms with Crippen LogP contribution in [0.2, 0.25) is 0 Å². The lowest BCUT2D eigenvalue weighted by Crippen LogP contribution is -2.38. The Balaban J connectivity index is 1.73. The van der Waals surface area contributed by atoms with Crippen molar-refractivity contribution in [3.05, 3.63) is 28.1 Å². The minimum Gasteiger partial charge on any atom is -0.490 e. The van der Waals surface area contributed by atoms with Gasteiger partial charge in [-0.05, 0) is 31.6 Å². The van der Waals surface area contributed by atoms with Gasteiger partial charge in [-0.25, -0.2) is 4.39 Å². The van der Waals surface area contributed by atoms with Gasteiger partial charge in [0.15, 0.2) is 11.6 Å². The molecule has 0 spiro atoms. The molecule has 0 N–H and O–H groups in total. The molecule has 2 aliphatic rings. The van der Waals surface area contributed by atoms with E-state index >= 15 is 0 Å². The number of ether oxygens (including phenoxy) is 2. The molecule has 2 fully saturated rings. The van der Waals surface area contributed by atoms with Crippen LogP contribution < -0.4 is 9.64 Å². The second kappa shape index (κ2) is 6.70. The molecular weight excluding hydrogens is 303 g/mol. The second-order valence-electron chi connectivity index (χ2n) is 6.11. The molecule has 0 aliphatic carbocycles. The van der Waals surface area contributed by atoms with Crippen LogP contribution >= 0.6 is 0 Å². The fraction of sp³-hybridized carbons (Fsp3) is 0.625. The van der Waals surface area contributed by atoms with Crippen molar-refractivity contribution in [2.24, 2.45) is 5.92 Å². The first-order valence-electron chi connectivity index (χ1n) is 7.98. The molecule has 2 heterocycles. The largest absolute Gasteiger partial charge is 0.490 e. The third-order valence-corrected chi connectivity index (χ3v) is 4.82. The number of halogens is 1. The minimum atomic E-state index is -0.630. The zero-order valence-electron chi connectivity index (χ0n) is 13.2. The topological polar surface area (TPSA) is 64.8 Å². The Kier molecular flexibility index (Phi) is 4.66. The molecule has 0 saturated carbocycles. The number of nitro benzene ring substituents is 1. The number of piperidine rings is 1. The number of hydrogen-bond acceptors (Lipinski definition) is 5. The first-order valence-corrected chi connectivity index (χ1v) is 7.98. The molecule has 1 atom stereocenters. The van der Waals surface area contributed by atoms with E-state index in [1.54, 1.807) is 0 Å². The van der Waals surface area contributed by atoms with Crippen LogP contribution in [0.25, 0.3) is 0 Å². The highest BCUT2D eigenvalue weighted by molar-refractivity contribution is 5.60. The van der Waals surface area contributed by atoms with Crippen molar-refractivity contribution in [1.82, 2.24) is 0 Å². The Labute approximate surface area is 134 Å². The summed E-state index contributed by atoms with van der Waals surface area (Å²) >= 11 is 0. The number of methoxy groups -OCH3 is 1. The van der Waals surface area contributed by atoms with E-state index in [1.807, 2.05) is 4.90 Å². The Bertz CT molecular complexity index is 582. The lowest BCUT2D eigenvalue weighted by molar-refractivity contribution is -0.385. The average molecular weight is 324 g/mol. The third kappa shape index (κ3) is 3.24. The molecule has 0 aromatic heterocycles. The minimum absolute atomic E-state index is 0.0904. The summed E-state index contributed by atoms with van der Waals surface area (Å²) in [6.07, 6.45) is 4.48. The van der Waals surface area contributed by atoms with Crippen molar-refractivity contribution >= 4 is 11.4 Å². The highest BCUT2D eigenvalue weighted by Crippen LogP contribution is 2.37. The Hall–Kier alpha value is -1.89. The molecule has 1 unspecified atom stereocenters. The maximum atomic E-state index is 14.3. The number of nitro groups is 1. The first-order chi connectivity index (χ1) is 11.1. The van der Waals surface area contributed by atoms with Gasteiger partial charge in [0.2, 0.25) is 0 Å². The van der Waals surface area contributed by atoms with Crippen LogP contribution in [0.1, 0.15) is 25.7 Å². The fourth-order valence-electron chi connectivity index (χ4n) is 3.57. The maximum absolute atomic E-state index is 14.3. The number of anilines is 1. The smallest absolute Gasteiger partial charge is 0.313 e. The van der Waals surface area contributed by atoms with Crippen molar-refractivity contribution in [1.29, 1.82) is 0 Å². The summed E-state index contributed by atoms with van der Waals surface area (Å²) in [5, 5.41) is 10.9. The Morgan fingerprint density at radius 1 is 1.35 bits per heavy atom. The third-order valence-electron chi connectivity index (χ3n) is 4.82. The molecule has 126 valence electrons. The van der Waals surface area contributed by atoms with Gasteiger partial charge in [0.25, 0.3) is 0 Å². The van der Waals surface area contributed by atoms with Crippen LogP contribution in [0.15, 0.2) is 12.1 Å². The fourth-order valence-corrected chi connectivity index (χ4v) is 3.57. The molecule has 0 bridgehead atoms. The van der Waals surface area contributed by atoms with Gasteiger partial charge < -0.3 is 14.4 Å². The average Bonchev–Trinajstić information content (AvgIpc) is 3.09. The molecule has 23 heavy (non-hydrogen) atoms. The van der Waals surface area contributed by atoms with E-state index in [0.29, 0.717) is 17.7 Å². The van der Waals surface area contributed by atoms with Crippen molar-refractivity contribution in [3.8, 4) is 5.75 Å². The van der Waals surface area contributed by atoms with Crippen molar-refractivity contribution in [3.63, 3.8) is 0 Å². The number of rotatable bonds is 4. The number of benzene rings is 1. The van der Waals surface area contributed by atoms with Crippen LogP contribution in [0, 0.1) is 21.8 Å². The molecule has 1 aromatic carbocycles. The number of hydrogen-bond donors (Lipinski definition) is 0. The second-order valence-corrected chi connectivity index (χ2v) is 6.11. The van der Waals surface area contributed by atoms with Crippen LogP contribution in [0.3, 0.4) is 0 Å². The van der Waals surface area contributed by atoms with Crippen molar-refractivity contribution in [2.75, 3.05) is 31.7 Å². The molecule has 2 aliphatic heterocycles. The van der Waals surface area contributed by atoms with Crippen molar-refractivity contribution < 1.29 is 18.8 Å². The normalized spacial score (nSPS) is 22.3. The molecule has 2 saturated heterocycles. The van der Waals surface area contributed by atoms with Gasteiger partial charge in [0.05, 0.1) is 29.9 Å². The van der Waals surface area contributed by atoms with E-state index in [-0.39, 0.29) is 11.4 Å². The molecule has 7 heteroatoms. The van der Waals surface area contributed by atoms with Gasteiger partial charge >= 0.3 is 5.69 Å². The van der Waals surface area contributed by atoms with Crippen LogP contribution in [-0.4, -0.2) is 37.8 Å². The van der Waals surface area contributed by atoms with E-state index in [1.165, 1.54) is 13.2 Å². The van der Waals surface area contributed by atoms with Gasteiger partial charge in [-0.3, -0.25) is 10.1 Å². The highest BCUT2D eigenvalue weighted by Gasteiger charge is 2.31. The van der Waals surface area contributed by atoms with E-state index in [9.17, 15) is 14.5 Å². The zero-order chi connectivity index (χ0) is 16.4. The molecule has 0 radical (unpaired) electrons. The predicted octanol–water partition coefficient (Wildman–Crippen LogP) is 3.14. The summed E-state index contributed by atoms with van der Waals surface area (Å²) in [6.45, 7) is 2.30. The summed E-state index contributed by atoms with van der Waals surface area (Å²) < 4.78 is 25.1. The molecular formula is C16H21FN2O4. The molecule has 3 rings (SSSR count). The molecule has 1 aromatic rings. The molecule has 6 nitrogen and oxygen atoms in total. The lowest BCUT2D eigenvalue weighted by atomic mass is 9.89. The predicted molar refractivity (Wildman–Crippen MR) is 83.5 cm³/mol. The van der Waals surface area contributed by atoms with E-state index in [0.717, 1.165) is 51.4 Å². The van der Waals surface area contributed by atoms with Gasteiger partial charge in [-0.1, -0.05) is 0 Å². The van der Waals surface area contributed by atoms with E-state index in [4.69, 9.17) is 9.47 Å². The summed E-state index contributed by atoms with van der Waals surface area (Å²) in [5.41, 5.74) is 0.0289. The standard InChI is InChI=1S/C16H21FN2O4/c1-22-16-10-13(12(17)9-14(16)19(20)21)18-6-4-11(5-7-18)15-3-2-8-23-15/h9-11,15H,2-8H2,1H3. The van der Waals surface area contributed by atoms with Gasteiger partial charge in [0.1, 0.15) is 0 Å². The maximum Gasteiger partial charge on any atom is 0.313 e. The van der Waals surface area contributed by atoms with Gasteiger partial charge in [-0.15, -0.1) is 0 Å². The van der Waals surface area contributed by atoms with Crippen LogP contribution in [0.5, 0.6) is 5.75 Å². The van der Waals surface area contributed by atoms with E-state index in [2.05, 4.69) is 0 Å². The SMILES string of the molecule is COc1cc(N2CCC(C3CCCO3)CC2)c(F)cc1[N+](=O)[O-]. The zero-order valence-corrected chi connectivity index (χ0v) is 13.2. The van der Waals surface area contributed by atoms with Crippen LogP contribution in [0.4, 0.5) is 15.8 Å². The monoisotopic (exact) mass is 324 g/mol. The van der Waals surface area contributed by atoms with Gasteiger partial charge in [-0.2, -0.15) is 0 Å². The summed E-state index contributed by atoms with van der Waals surface area (Å²) in [7, 11) is 1.35. The Morgan fingerprint density at radius 2 is 2.09 bits per heavy atom. The summed E-state index contributed by atoms with van der Waals surface area (Å²) in [4.78, 5) is 12.2. The number of nitrogens with zero attached hydrogens (tertiary/aromatic N) is 2. The highest BCUT2D eigenvalue weighted by atomic mass is 19.1. The molecule has 0 amide bonds.